The Labute approximate surface area is 116 Å². The highest BCUT2D eigenvalue weighted by molar-refractivity contribution is 5.82. The van der Waals surface area contributed by atoms with E-state index in [0.29, 0.717) is 6.04 Å². The third-order valence-electron chi connectivity index (χ3n) is 3.32. The first kappa shape index (κ1) is 16.0. The average Bonchev–Trinajstić information content (AvgIpc) is 2.27. The smallest absolute Gasteiger partial charge is 0.237 e. The number of carbonyl (C=O) groups excluding carboxylic acids is 2. The van der Waals surface area contributed by atoms with Crippen molar-refractivity contribution in [3.63, 3.8) is 0 Å². The van der Waals surface area contributed by atoms with Crippen molar-refractivity contribution in [3.05, 3.63) is 0 Å². The third kappa shape index (κ3) is 5.59. The molecule has 0 saturated carbocycles. The van der Waals surface area contributed by atoms with Gasteiger partial charge in [-0.1, -0.05) is 0 Å². The number of nitrogens with one attached hydrogen (secondary N) is 2. The zero-order valence-corrected chi connectivity index (χ0v) is 12.7. The summed E-state index contributed by atoms with van der Waals surface area (Å²) in [4.78, 5) is 25.1. The van der Waals surface area contributed by atoms with Crippen molar-refractivity contribution in [2.24, 2.45) is 0 Å². The van der Waals surface area contributed by atoms with Crippen LogP contribution in [-0.2, 0) is 9.59 Å². The number of piperidine rings is 1. The van der Waals surface area contributed by atoms with Crippen molar-refractivity contribution in [1.82, 2.24) is 15.5 Å². The van der Waals surface area contributed by atoms with Crippen LogP contribution >= 0.6 is 0 Å². The molecule has 0 aromatic rings. The minimum absolute atomic E-state index is 0.0292. The molecule has 5 nitrogen and oxygen atoms in total. The lowest BCUT2D eigenvalue weighted by Crippen LogP contribution is -2.54. The Morgan fingerprint density at radius 1 is 1.21 bits per heavy atom. The molecular formula is C14H27N3O2. The average molecular weight is 269 g/mol. The van der Waals surface area contributed by atoms with Crippen LogP contribution in [0.3, 0.4) is 0 Å². The molecule has 0 aliphatic carbocycles. The number of hydrogen-bond donors (Lipinski definition) is 2. The van der Waals surface area contributed by atoms with Gasteiger partial charge in [-0.2, -0.15) is 0 Å². The molecule has 0 bridgehead atoms. The summed E-state index contributed by atoms with van der Waals surface area (Å²) >= 11 is 0. The van der Waals surface area contributed by atoms with Gasteiger partial charge in [0.15, 0.2) is 0 Å². The molecule has 19 heavy (non-hydrogen) atoms. The van der Waals surface area contributed by atoms with E-state index in [1.807, 2.05) is 32.6 Å². The van der Waals surface area contributed by atoms with E-state index >= 15 is 0 Å². The lowest BCUT2D eigenvalue weighted by atomic mass is 10.0. The van der Waals surface area contributed by atoms with E-state index in [-0.39, 0.29) is 23.4 Å². The Hall–Kier alpha value is -1.10. The van der Waals surface area contributed by atoms with Gasteiger partial charge in [0.2, 0.25) is 11.8 Å². The van der Waals surface area contributed by atoms with Crippen molar-refractivity contribution >= 4 is 11.8 Å². The molecule has 1 fully saturated rings. The standard InChI is InChI=1S/C14H27N3O2/c1-10(13(19)16-14(3,4)5)15-12-6-8-17(9-7-12)11(2)18/h10,12,15H,6-9H2,1-5H3,(H,16,19). The number of nitrogens with zero attached hydrogens (tertiary/aromatic N) is 1. The van der Waals surface area contributed by atoms with Gasteiger partial charge in [0.25, 0.3) is 0 Å². The van der Waals surface area contributed by atoms with Crippen LogP contribution in [0.15, 0.2) is 0 Å². The van der Waals surface area contributed by atoms with E-state index in [1.54, 1.807) is 6.92 Å². The summed E-state index contributed by atoms with van der Waals surface area (Å²) in [6, 6.07) is 0.115. The van der Waals surface area contributed by atoms with E-state index in [1.165, 1.54) is 0 Å². The lowest BCUT2D eigenvalue weighted by molar-refractivity contribution is -0.130. The normalized spacial score (nSPS) is 19.1. The Bertz CT molecular complexity index is 328. The molecule has 1 rings (SSSR count). The number of rotatable bonds is 3. The molecule has 1 heterocycles. The van der Waals surface area contributed by atoms with Gasteiger partial charge in [-0.05, 0) is 40.5 Å². The Kier molecular flexibility index (Phi) is 5.35. The maximum Gasteiger partial charge on any atom is 0.237 e. The van der Waals surface area contributed by atoms with Gasteiger partial charge in [-0.3, -0.25) is 9.59 Å². The topological polar surface area (TPSA) is 61.4 Å². The highest BCUT2D eigenvalue weighted by Crippen LogP contribution is 2.11. The van der Waals surface area contributed by atoms with Gasteiger partial charge < -0.3 is 15.5 Å². The first-order valence-corrected chi connectivity index (χ1v) is 7.02. The van der Waals surface area contributed by atoms with Crippen LogP contribution in [-0.4, -0.2) is 47.4 Å². The highest BCUT2D eigenvalue weighted by atomic mass is 16.2. The fourth-order valence-electron chi connectivity index (χ4n) is 2.27. The molecule has 5 heteroatoms. The molecule has 1 aliphatic rings. The summed E-state index contributed by atoms with van der Waals surface area (Å²) in [6.07, 6.45) is 1.82. The van der Waals surface area contributed by atoms with Gasteiger partial charge in [-0.15, -0.1) is 0 Å². The van der Waals surface area contributed by atoms with Crippen molar-refractivity contribution < 1.29 is 9.59 Å². The van der Waals surface area contributed by atoms with E-state index in [9.17, 15) is 9.59 Å². The summed E-state index contributed by atoms with van der Waals surface area (Å²) in [7, 11) is 0. The van der Waals surface area contributed by atoms with Crippen molar-refractivity contribution in [3.8, 4) is 0 Å². The number of carbonyl (C=O) groups is 2. The molecule has 1 aliphatic heterocycles. The van der Waals surface area contributed by atoms with Crippen molar-refractivity contribution in [2.75, 3.05) is 13.1 Å². The van der Waals surface area contributed by atoms with Crippen LogP contribution in [0.1, 0.15) is 47.5 Å². The number of hydrogen-bond acceptors (Lipinski definition) is 3. The Balaban J connectivity index is 2.36. The number of likely N-dealkylation sites (tertiary alicyclic amines) is 1. The summed E-state index contributed by atoms with van der Waals surface area (Å²) in [6.45, 7) is 11.0. The molecule has 0 aromatic heterocycles. The van der Waals surface area contributed by atoms with Crippen molar-refractivity contribution in [1.29, 1.82) is 0 Å². The summed E-state index contributed by atoms with van der Waals surface area (Å²) in [5.74, 6) is 0.165. The zero-order valence-electron chi connectivity index (χ0n) is 12.7. The maximum absolute atomic E-state index is 12.0. The first-order valence-electron chi connectivity index (χ1n) is 7.02. The second-order valence-corrected chi connectivity index (χ2v) is 6.41. The minimum atomic E-state index is -0.203. The zero-order chi connectivity index (χ0) is 14.6. The summed E-state index contributed by atoms with van der Waals surface area (Å²) < 4.78 is 0. The second kappa shape index (κ2) is 6.37. The predicted octanol–water partition coefficient (Wildman–Crippen LogP) is 0.890. The largest absolute Gasteiger partial charge is 0.350 e. The molecule has 1 unspecified atom stereocenters. The van der Waals surface area contributed by atoms with Gasteiger partial charge in [0, 0.05) is 31.6 Å². The summed E-state index contributed by atoms with van der Waals surface area (Å²) in [5.41, 5.74) is -0.203. The van der Waals surface area contributed by atoms with E-state index in [0.717, 1.165) is 25.9 Å². The summed E-state index contributed by atoms with van der Waals surface area (Å²) in [5, 5.41) is 6.32. The molecule has 2 amide bonds. The van der Waals surface area contributed by atoms with E-state index < -0.39 is 0 Å². The second-order valence-electron chi connectivity index (χ2n) is 6.41. The molecule has 110 valence electrons. The Morgan fingerprint density at radius 2 is 1.74 bits per heavy atom. The van der Waals surface area contributed by atoms with Gasteiger partial charge >= 0.3 is 0 Å². The first-order chi connectivity index (χ1) is 8.69. The van der Waals surface area contributed by atoms with Crippen molar-refractivity contribution in [2.45, 2.75) is 65.1 Å². The van der Waals surface area contributed by atoms with Gasteiger partial charge in [-0.25, -0.2) is 0 Å². The molecule has 1 saturated heterocycles. The number of amides is 2. The van der Waals surface area contributed by atoms with Crippen LogP contribution in [0.5, 0.6) is 0 Å². The Morgan fingerprint density at radius 3 is 2.16 bits per heavy atom. The lowest BCUT2D eigenvalue weighted by Gasteiger charge is -2.33. The molecule has 0 radical (unpaired) electrons. The van der Waals surface area contributed by atoms with Gasteiger partial charge in [0.05, 0.1) is 6.04 Å². The SMILES string of the molecule is CC(=O)N1CCC(NC(C)C(=O)NC(C)(C)C)CC1. The quantitative estimate of drug-likeness (QED) is 0.800. The fourth-order valence-corrected chi connectivity index (χ4v) is 2.27. The molecule has 0 spiro atoms. The third-order valence-corrected chi connectivity index (χ3v) is 3.32. The monoisotopic (exact) mass is 269 g/mol. The van der Waals surface area contributed by atoms with Crippen LogP contribution in [0.4, 0.5) is 0 Å². The van der Waals surface area contributed by atoms with E-state index in [2.05, 4.69) is 10.6 Å². The molecule has 2 N–H and O–H groups in total. The molecular weight excluding hydrogens is 242 g/mol. The van der Waals surface area contributed by atoms with Gasteiger partial charge in [0.1, 0.15) is 0 Å². The minimum Gasteiger partial charge on any atom is -0.350 e. The van der Waals surface area contributed by atoms with Crippen LogP contribution in [0.2, 0.25) is 0 Å². The van der Waals surface area contributed by atoms with Crippen LogP contribution in [0.25, 0.3) is 0 Å². The van der Waals surface area contributed by atoms with E-state index in [4.69, 9.17) is 0 Å². The molecule has 0 aromatic carbocycles. The fraction of sp³-hybridized carbons (Fsp3) is 0.857. The van der Waals surface area contributed by atoms with Crippen LogP contribution in [0, 0.1) is 0 Å². The van der Waals surface area contributed by atoms with Crippen LogP contribution < -0.4 is 10.6 Å². The molecule has 1 atom stereocenters. The maximum atomic E-state index is 12.0. The predicted molar refractivity (Wildman–Crippen MR) is 75.8 cm³/mol. The highest BCUT2D eigenvalue weighted by Gasteiger charge is 2.25.